The summed E-state index contributed by atoms with van der Waals surface area (Å²) in [4.78, 5) is 25.2. The second kappa shape index (κ2) is 5.94. The van der Waals surface area contributed by atoms with E-state index in [0.29, 0.717) is 19.0 Å². The fourth-order valence-electron chi connectivity index (χ4n) is 3.86. The van der Waals surface area contributed by atoms with E-state index in [4.69, 9.17) is 0 Å². The first-order chi connectivity index (χ1) is 11.6. The fourth-order valence-corrected chi connectivity index (χ4v) is 3.86. The molecule has 3 heterocycles. The number of imide groups is 1. The Bertz CT molecular complexity index is 805. The lowest BCUT2D eigenvalue weighted by Crippen LogP contribution is -2.49. The number of hydrogen-bond donors (Lipinski definition) is 2. The highest BCUT2D eigenvalue weighted by Gasteiger charge is 2.26. The van der Waals surface area contributed by atoms with Crippen LogP contribution in [0.4, 0.5) is 10.5 Å². The fraction of sp³-hybridized carbons (Fsp3) is 0.444. The zero-order valence-electron chi connectivity index (χ0n) is 13.8. The number of aromatic nitrogens is 1. The van der Waals surface area contributed by atoms with Crippen molar-refractivity contribution < 1.29 is 9.59 Å². The topological polar surface area (TPSA) is 66.4 Å². The summed E-state index contributed by atoms with van der Waals surface area (Å²) in [7, 11) is 0. The zero-order valence-corrected chi connectivity index (χ0v) is 13.8. The molecule has 0 saturated carbocycles. The number of amides is 3. The minimum Gasteiger partial charge on any atom is -0.344 e. The molecular weight excluding hydrogens is 304 g/mol. The van der Waals surface area contributed by atoms with Crippen molar-refractivity contribution in [2.45, 2.75) is 32.2 Å². The Morgan fingerprint density at radius 3 is 2.67 bits per heavy atom. The van der Waals surface area contributed by atoms with E-state index < -0.39 is 0 Å². The zero-order chi connectivity index (χ0) is 16.7. The highest BCUT2D eigenvalue weighted by Crippen LogP contribution is 2.33. The summed E-state index contributed by atoms with van der Waals surface area (Å²) < 4.78 is 2.37. The first-order valence-corrected chi connectivity index (χ1v) is 8.57. The molecule has 2 aliphatic heterocycles. The van der Waals surface area contributed by atoms with Crippen LogP contribution in [-0.4, -0.2) is 36.1 Å². The van der Waals surface area contributed by atoms with Gasteiger partial charge in [-0.2, -0.15) is 0 Å². The molecule has 1 aromatic carbocycles. The van der Waals surface area contributed by atoms with Crippen LogP contribution in [0.25, 0.3) is 10.9 Å². The van der Waals surface area contributed by atoms with Crippen molar-refractivity contribution in [2.75, 3.05) is 24.5 Å². The van der Waals surface area contributed by atoms with Gasteiger partial charge in [0.1, 0.15) is 0 Å². The minimum atomic E-state index is -0.327. The van der Waals surface area contributed by atoms with E-state index in [9.17, 15) is 9.59 Å². The van der Waals surface area contributed by atoms with Crippen LogP contribution < -0.4 is 15.5 Å². The van der Waals surface area contributed by atoms with E-state index in [-0.39, 0.29) is 11.9 Å². The van der Waals surface area contributed by atoms with E-state index in [1.54, 1.807) is 4.90 Å². The largest absolute Gasteiger partial charge is 0.344 e. The molecule has 1 aromatic heterocycles. The molecule has 2 aromatic rings. The van der Waals surface area contributed by atoms with Gasteiger partial charge in [-0.3, -0.25) is 15.0 Å². The quantitative estimate of drug-likeness (QED) is 0.890. The molecule has 0 aliphatic carbocycles. The van der Waals surface area contributed by atoms with Gasteiger partial charge in [0.25, 0.3) is 0 Å². The molecule has 24 heavy (non-hydrogen) atoms. The molecule has 0 radical (unpaired) electrons. The van der Waals surface area contributed by atoms with Crippen LogP contribution in [0, 0.1) is 6.92 Å². The van der Waals surface area contributed by atoms with Crippen molar-refractivity contribution in [3.8, 4) is 0 Å². The third-order valence-corrected chi connectivity index (χ3v) is 5.19. The van der Waals surface area contributed by atoms with Gasteiger partial charge in [0.05, 0.1) is 0 Å². The van der Waals surface area contributed by atoms with E-state index in [2.05, 4.69) is 33.5 Å². The number of urea groups is 1. The Morgan fingerprint density at radius 1 is 1.12 bits per heavy atom. The van der Waals surface area contributed by atoms with Gasteiger partial charge in [0.15, 0.2) is 0 Å². The Kier molecular flexibility index (Phi) is 3.76. The third kappa shape index (κ3) is 2.47. The van der Waals surface area contributed by atoms with Crippen molar-refractivity contribution in [3.63, 3.8) is 0 Å². The van der Waals surface area contributed by atoms with Gasteiger partial charge in [-0.1, -0.05) is 0 Å². The molecule has 2 saturated heterocycles. The number of carbonyl (C=O) groups is 2. The number of fused-ring (bicyclic) bond motifs is 1. The molecule has 2 N–H and O–H groups in total. The van der Waals surface area contributed by atoms with Gasteiger partial charge in [-0.15, -0.1) is 0 Å². The number of rotatable bonds is 2. The third-order valence-electron chi connectivity index (χ3n) is 5.19. The Morgan fingerprint density at radius 2 is 1.92 bits per heavy atom. The SMILES string of the molecule is Cc1c(N2CCC(=O)NC2=O)ccc2c1ccn2C1CCNCC1. The molecule has 3 amide bonds. The number of nitrogens with zero attached hydrogens (tertiary/aromatic N) is 2. The highest BCUT2D eigenvalue weighted by molar-refractivity contribution is 6.07. The summed E-state index contributed by atoms with van der Waals surface area (Å²) in [5, 5.41) is 6.98. The van der Waals surface area contributed by atoms with Crippen LogP contribution in [0.1, 0.15) is 30.9 Å². The number of piperidine rings is 1. The number of anilines is 1. The van der Waals surface area contributed by atoms with Crippen LogP contribution in [0.5, 0.6) is 0 Å². The van der Waals surface area contributed by atoms with Crippen molar-refractivity contribution >= 4 is 28.5 Å². The van der Waals surface area contributed by atoms with Gasteiger partial charge in [-0.05, 0) is 56.6 Å². The van der Waals surface area contributed by atoms with E-state index in [0.717, 1.165) is 37.2 Å². The Balaban J connectivity index is 1.71. The molecule has 0 unspecified atom stereocenters. The molecule has 0 atom stereocenters. The average Bonchev–Trinajstić information content (AvgIpc) is 3.02. The predicted octanol–water partition coefficient (Wildman–Crippen LogP) is 2.32. The van der Waals surface area contributed by atoms with Crippen LogP contribution in [-0.2, 0) is 4.79 Å². The maximum absolute atomic E-state index is 12.1. The average molecular weight is 326 g/mol. The lowest BCUT2D eigenvalue weighted by molar-refractivity contribution is -0.120. The van der Waals surface area contributed by atoms with Crippen LogP contribution in [0.3, 0.4) is 0 Å². The van der Waals surface area contributed by atoms with Crippen LogP contribution in [0.15, 0.2) is 24.4 Å². The summed E-state index contributed by atoms with van der Waals surface area (Å²) in [5.74, 6) is -0.202. The van der Waals surface area contributed by atoms with Gasteiger partial charge in [0.2, 0.25) is 5.91 Å². The summed E-state index contributed by atoms with van der Waals surface area (Å²) in [5.41, 5.74) is 3.19. The molecule has 6 nitrogen and oxygen atoms in total. The number of hydrogen-bond acceptors (Lipinski definition) is 3. The lowest BCUT2D eigenvalue weighted by atomic mass is 10.1. The predicted molar refractivity (Wildman–Crippen MR) is 93.3 cm³/mol. The van der Waals surface area contributed by atoms with Crippen LogP contribution in [0.2, 0.25) is 0 Å². The van der Waals surface area contributed by atoms with Crippen molar-refractivity contribution in [3.05, 3.63) is 30.0 Å². The molecule has 126 valence electrons. The first kappa shape index (κ1) is 15.2. The van der Waals surface area contributed by atoms with E-state index in [1.165, 1.54) is 10.9 Å². The summed E-state index contributed by atoms with van der Waals surface area (Å²) in [6.45, 7) is 4.60. The Labute approximate surface area is 140 Å². The molecule has 0 spiro atoms. The van der Waals surface area contributed by atoms with Crippen molar-refractivity contribution in [2.24, 2.45) is 0 Å². The van der Waals surface area contributed by atoms with Gasteiger partial charge >= 0.3 is 6.03 Å². The maximum Gasteiger partial charge on any atom is 0.328 e. The van der Waals surface area contributed by atoms with E-state index >= 15 is 0 Å². The second-order valence-electron chi connectivity index (χ2n) is 6.60. The summed E-state index contributed by atoms with van der Waals surface area (Å²) in [6, 6.07) is 6.45. The van der Waals surface area contributed by atoms with Gasteiger partial charge in [-0.25, -0.2) is 4.79 Å². The summed E-state index contributed by atoms with van der Waals surface area (Å²) in [6.07, 6.45) is 4.79. The van der Waals surface area contributed by atoms with Crippen molar-refractivity contribution in [1.82, 2.24) is 15.2 Å². The lowest BCUT2D eigenvalue weighted by Gasteiger charge is -2.28. The Hall–Kier alpha value is -2.34. The number of aryl methyl sites for hydroxylation is 1. The smallest absolute Gasteiger partial charge is 0.328 e. The molecule has 4 rings (SSSR count). The standard InChI is InChI=1S/C18H22N4O2/c1-12-14-6-10-21(13-4-8-19-9-5-13)16(14)3-2-15(12)22-11-7-17(23)20-18(22)24/h2-3,6,10,13,19H,4-5,7-9,11H2,1H3,(H,20,23,24). The summed E-state index contributed by atoms with van der Waals surface area (Å²) >= 11 is 0. The minimum absolute atomic E-state index is 0.202. The number of benzene rings is 1. The molecular formula is C18H22N4O2. The monoisotopic (exact) mass is 326 g/mol. The van der Waals surface area contributed by atoms with Crippen molar-refractivity contribution in [1.29, 1.82) is 0 Å². The molecule has 2 aliphatic rings. The maximum atomic E-state index is 12.1. The normalized spacial score (nSPS) is 19.8. The van der Waals surface area contributed by atoms with Gasteiger partial charge in [0, 0.05) is 41.8 Å². The van der Waals surface area contributed by atoms with E-state index in [1.807, 2.05) is 13.0 Å². The number of nitrogens with one attached hydrogen (secondary N) is 2. The second-order valence-corrected chi connectivity index (χ2v) is 6.60. The van der Waals surface area contributed by atoms with Gasteiger partial charge < -0.3 is 9.88 Å². The first-order valence-electron chi connectivity index (χ1n) is 8.57. The highest BCUT2D eigenvalue weighted by atomic mass is 16.2. The molecule has 6 heteroatoms. The number of carbonyl (C=O) groups excluding carboxylic acids is 2. The molecule has 0 bridgehead atoms. The van der Waals surface area contributed by atoms with Crippen LogP contribution >= 0.6 is 0 Å². The molecule has 2 fully saturated rings.